The number of amides is 1. The van der Waals surface area contributed by atoms with Gasteiger partial charge in [0.2, 0.25) is 0 Å². The molecule has 0 spiro atoms. The molecule has 136 valence electrons. The fourth-order valence-corrected chi connectivity index (χ4v) is 3.52. The van der Waals surface area contributed by atoms with Crippen LogP contribution in [0.1, 0.15) is 22.0 Å². The van der Waals surface area contributed by atoms with Gasteiger partial charge >= 0.3 is 0 Å². The summed E-state index contributed by atoms with van der Waals surface area (Å²) in [7, 11) is 0. The first kappa shape index (κ1) is 17.0. The zero-order valence-corrected chi connectivity index (χ0v) is 14.8. The van der Waals surface area contributed by atoms with Crippen LogP contribution in [0.2, 0.25) is 0 Å². The maximum absolute atomic E-state index is 12.5. The van der Waals surface area contributed by atoms with Gasteiger partial charge in [-0.2, -0.15) is 0 Å². The molecule has 1 aromatic heterocycles. The summed E-state index contributed by atoms with van der Waals surface area (Å²) in [5.74, 6) is 0.959. The Hall–Kier alpha value is -2.44. The molecule has 2 saturated heterocycles. The van der Waals surface area contributed by atoms with Crippen molar-refractivity contribution in [1.82, 2.24) is 15.2 Å². The third-order valence-electron chi connectivity index (χ3n) is 4.99. The number of pyridine rings is 1. The van der Waals surface area contributed by atoms with Crippen molar-refractivity contribution in [1.29, 1.82) is 0 Å². The summed E-state index contributed by atoms with van der Waals surface area (Å²) in [6.45, 7) is 5.21. The van der Waals surface area contributed by atoms with Crippen molar-refractivity contribution in [3.8, 4) is 0 Å². The Bertz CT molecular complexity index is 729. The van der Waals surface area contributed by atoms with E-state index in [4.69, 9.17) is 4.74 Å². The number of rotatable bonds is 3. The van der Waals surface area contributed by atoms with Crippen LogP contribution < -0.4 is 10.2 Å². The van der Waals surface area contributed by atoms with E-state index in [1.807, 2.05) is 23.1 Å². The molecule has 6 heteroatoms. The lowest BCUT2D eigenvalue weighted by Gasteiger charge is -2.35. The maximum atomic E-state index is 12.5. The number of carbonyl (C=O) groups is 1. The topological polar surface area (TPSA) is 57.7 Å². The number of hydrogen-bond acceptors (Lipinski definition) is 5. The maximum Gasteiger partial charge on any atom is 0.255 e. The van der Waals surface area contributed by atoms with Crippen LogP contribution in [0.3, 0.4) is 0 Å². The largest absolute Gasteiger partial charge is 0.378 e. The monoisotopic (exact) mass is 352 g/mol. The summed E-state index contributed by atoms with van der Waals surface area (Å²) in [6.07, 6.45) is 1.70. The van der Waals surface area contributed by atoms with Gasteiger partial charge in [0.25, 0.3) is 5.91 Å². The lowest BCUT2D eigenvalue weighted by atomic mass is 10.0. The first-order valence-corrected chi connectivity index (χ1v) is 9.17. The molecular weight excluding hydrogens is 328 g/mol. The van der Waals surface area contributed by atoms with E-state index in [-0.39, 0.29) is 5.91 Å². The Morgan fingerprint density at radius 3 is 2.62 bits per heavy atom. The van der Waals surface area contributed by atoms with Gasteiger partial charge < -0.3 is 19.9 Å². The van der Waals surface area contributed by atoms with Crippen LogP contribution in [-0.2, 0) is 4.74 Å². The third-order valence-corrected chi connectivity index (χ3v) is 4.99. The number of aromatic nitrogens is 1. The first-order chi connectivity index (χ1) is 12.8. The summed E-state index contributed by atoms with van der Waals surface area (Å²) in [5.41, 5.74) is 1.93. The van der Waals surface area contributed by atoms with E-state index in [9.17, 15) is 4.79 Å². The molecule has 3 heterocycles. The summed E-state index contributed by atoms with van der Waals surface area (Å²) in [5, 5.41) is 3.57. The Morgan fingerprint density at radius 2 is 1.88 bits per heavy atom. The van der Waals surface area contributed by atoms with Crippen LogP contribution >= 0.6 is 0 Å². The summed E-state index contributed by atoms with van der Waals surface area (Å²) < 4.78 is 5.31. The molecule has 0 saturated carbocycles. The molecule has 1 N–H and O–H groups in total. The fourth-order valence-electron chi connectivity index (χ4n) is 3.52. The molecule has 6 nitrogen and oxygen atoms in total. The SMILES string of the molecule is O=C(c1ccc(N2CCNC(c3ccccc3)C2)nc1)N1CCOCC1. The summed E-state index contributed by atoms with van der Waals surface area (Å²) in [4.78, 5) is 21.2. The molecule has 4 rings (SSSR count). The molecular formula is C20H24N4O2. The van der Waals surface area contributed by atoms with Gasteiger partial charge in [0.1, 0.15) is 5.82 Å². The molecule has 0 bridgehead atoms. The van der Waals surface area contributed by atoms with Gasteiger partial charge in [0, 0.05) is 45.0 Å². The van der Waals surface area contributed by atoms with Crippen LogP contribution in [0.25, 0.3) is 0 Å². The third kappa shape index (κ3) is 3.71. The molecule has 1 aromatic carbocycles. The number of ether oxygens (including phenoxy) is 1. The molecule has 1 amide bonds. The van der Waals surface area contributed by atoms with Crippen molar-refractivity contribution in [3.63, 3.8) is 0 Å². The summed E-state index contributed by atoms with van der Waals surface area (Å²) >= 11 is 0. The van der Waals surface area contributed by atoms with E-state index in [2.05, 4.69) is 39.5 Å². The summed E-state index contributed by atoms with van der Waals surface area (Å²) in [6, 6.07) is 14.6. The number of nitrogens with one attached hydrogen (secondary N) is 1. The molecule has 1 atom stereocenters. The van der Waals surface area contributed by atoms with E-state index in [0.29, 0.717) is 37.9 Å². The van der Waals surface area contributed by atoms with E-state index in [1.165, 1.54) is 5.56 Å². The van der Waals surface area contributed by atoms with Gasteiger partial charge in [-0.3, -0.25) is 4.79 Å². The predicted molar refractivity (Wildman–Crippen MR) is 100 cm³/mol. The number of hydrogen-bond donors (Lipinski definition) is 1. The molecule has 0 radical (unpaired) electrons. The van der Waals surface area contributed by atoms with Crippen molar-refractivity contribution < 1.29 is 9.53 Å². The predicted octanol–water partition coefficient (Wildman–Crippen LogP) is 1.70. The van der Waals surface area contributed by atoms with Crippen molar-refractivity contribution in [2.45, 2.75) is 6.04 Å². The molecule has 2 aliphatic rings. The second-order valence-corrected chi connectivity index (χ2v) is 6.67. The van der Waals surface area contributed by atoms with Crippen molar-refractivity contribution >= 4 is 11.7 Å². The van der Waals surface area contributed by atoms with Gasteiger partial charge in [-0.1, -0.05) is 30.3 Å². The fraction of sp³-hybridized carbons (Fsp3) is 0.400. The lowest BCUT2D eigenvalue weighted by molar-refractivity contribution is 0.0302. The highest BCUT2D eigenvalue weighted by atomic mass is 16.5. The van der Waals surface area contributed by atoms with E-state index in [1.54, 1.807) is 6.20 Å². The minimum atomic E-state index is 0.0369. The number of anilines is 1. The van der Waals surface area contributed by atoms with Crippen molar-refractivity contribution in [3.05, 3.63) is 59.8 Å². The van der Waals surface area contributed by atoms with Crippen LogP contribution in [0.15, 0.2) is 48.7 Å². The van der Waals surface area contributed by atoms with Gasteiger partial charge in [-0.25, -0.2) is 4.98 Å². The molecule has 2 aromatic rings. The number of carbonyl (C=O) groups excluding carboxylic acids is 1. The van der Waals surface area contributed by atoms with Crippen LogP contribution in [0, 0.1) is 0 Å². The quantitative estimate of drug-likeness (QED) is 0.911. The van der Waals surface area contributed by atoms with Gasteiger partial charge in [0.05, 0.1) is 18.8 Å². The van der Waals surface area contributed by atoms with Gasteiger partial charge in [-0.15, -0.1) is 0 Å². The zero-order valence-electron chi connectivity index (χ0n) is 14.8. The van der Waals surface area contributed by atoms with Gasteiger partial charge in [0.15, 0.2) is 0 Å². The van der Waals surface area contributed by atoms with E-state index in [0.717, 1.165) is 25.5 Å². The Kier molecular flexibility index (Phi) is 5.13. The highest BCUT2D eigenvalue weighted by Gasteiger charge is 2.23. The Balaban J connectivity index is 1.43. The molecule has 26 heavy (non-hydrogen) atoms. The lowest BCUT2D eigenvalue weighted by Crippen LogP contribution is -2.46. The molecule has 0 aliphatic carbocycles. The number of morpholine rings is 1. The molecule has 1 unspecified atom stereocenters. The standard InChI is InChI=1S/C20H24N4O2/c25-20(23-10-12-26-13-11-23)17-6-7-19(22-14-17)24-9-8-21-18(15-24)16-4-2-1-3-5-16/h1-7,14,18,21H,8-13,15H2. The first-order valence-electron chi connectivity index (χ1n) is 9.17. The minimum absolute atomic E-state index is 0.0369. The Labute approximate surface area is 153 Å². The van der Waals surface area contributed by atoms with E-state index < -0.39 is 0 Å². The van der Waals surface area contributed by atoms with Gasteiger partial charge in [-0.05, 0) is 17.7 Å². The highest BCUT2D eigenvalue weighted by Crippen LogP contribution is 2.21. The number of benzene rings is 1. The second kappa shape index (κ2) is 7.85. The molecule has 2 fully saturated rings. The normalized spacial score (nSPS) is 20.8. The van der Waals surface area contributed by atoms with Crippen molar-refractivity contribution in [2.75, 3.05) is 50.8 Å². The molecule has 2 aliphatic heterocycles. The van der Waals surface area contributed by atoms with Crippen LogP contribution in [0.5, 0.6) is 0 Å². The number of piperazine rings is 1. The number of nitrogens with zero attached hydrogens (tertiary/aromatic N) is 3. The minimum Gasteiger partial charge on any atom is -0.378 e. The smallest absolute Gasteiger partial charge is 0.255 e. The Morgan fingerprint density at radius 1 is 1.08 bits per heavy atom. The zero-order chi connectivity index (χ0) is 17.8. The van der Waals surface area contributed by atoms with Crippen molar-refractivity contribution in [2.24, 2.45) is 0 Å². The van der Waals surface area contributed by atoms with Crippen LogP contribution in [-0.4, -0.2) is 61.7 Å². The second-order valence-electron chi connectivity index (χ2n) is 6.67. The average Bonchev–Trinajstić information content (AvgIpc) is 2.75. The average molecular weight is 352 g/mol. The van der Waals surface area contributed by atoms with Crippen LogP contribution in [0.4, 0.5) is 5.82 Å². The highest BCUT2D eigenvalue weighted by molar-refractivity contribution is 5.94. The van der Waals surface area contributed by atoms with E-state index >= 15 is 0 Å².